The fourth-order valence-corrected chi connectivity index (χ4v) is 2.69. The fraction of sp³-hybridized carbons (Fsp3) is 0.333. The Morgan fingerprint density at radius 1 is 1.19 bits per heavy atom. The number of amides is 1. The average Bonchev–Trinajstić information content (AvgIpc) is 2.69. The van der Waals surface area contributed by atoms with Crippen molar-refractivity contribution in [1.29, 1.82) is 0 Å². The molecule has 0 aliphatic carbocycles. The van der Waals surface area contributed by atoms with Crippen molar-refractivity contribution in [3.05, 3.63) is 59.7 Å². The summed E-state index contributed by atoms with van der Waals surface area (Å²) in [6.45, 7) is 4.30. The van der Waals surface area contributed by atoms with Gasteiger partial charge in [-0.25, -0.2) is 0 Å². The molecule has 0 fully saturated rings. The molecule has 138 valence electrons. The van der Waals surface area contributed by atoms with Gasteiger partial charge in [0, 0.05) is 12.5 Å². The van der Waals surface area contributed by atoms with E-state index in [1.807, 2.05) is 18.2 Å². The van der Waals surface area contributed by atoms with Gasteiger partial charge >= 0.3 is 0 Å². The second-order valence-corrected chi connectivity index (χ2v) is 6.04. The summed E-state index contributed by atoms with van der Waals surface area (Å²) in [5.74, 6) is 0.953. The minimum absolute atomic E-state index is 0.216. The summed E-state index contributed by atoms with van der Waals surface area (Å²) < 4.78 is 10.8. The highest BCUT2D eigenvalue weighted by Gasteiger charge is 2.18. The molecule has 0 radical (unpaired) electrons. The molecule has 26 heavy (non-hydrogen) atoms. The van der Waals surface area contributed by atoms with Crippen molar-refractivity contribution in [1.82, 2.24) is 5.32 Å². The molecule has 1 N–H and O–H groups in total. The largest absolute Gasteiger partial charge is 0.497 e. The van der Waals surface area contributed by atoms with E-state index in [1.54, 1.807) is 25.1 Å². The highest BCUT2D eigenvalue weighted by Crippen LogP contribution is 2.24. The summed E-state index contributed by atoms with van der Waals surface area (Å²) in [7, 11) is 1.53. The highest BCUT2D eigenvalue weighted by atomic mass is 16.5. The number of carbonyl (C=O) groups is 2. The third-order valence-corrected chi connectivity index (χ3v) is 4.30. The minimum Gasteiger partial charge on any atom is -0.497 e. The van der Waals surface area contributed by atoms with Gasteiger partial charge in [0.05, 0.1) is 12.7 Å². The third kappa shape index (κ3) is 5.09. The molecule has 0 aromatic heterocycles. The van der Waals surface area contributed by atoms with Gasteiger partial charge in [-0.3, -0.25) is 9.59 Å². The molecule has 2 aromatic rings. The van der Waals surface area contributed by atoms with Gasteiger partial charge in [-0.2, -0.15) is 0 Å². The van der Waals surface area contributed by atoms with Gasteiger partial charge in [-0.1, -0.05) is 37.3 Å². The molecule has 0 bridgehead atoms. The van der Waals surface area contributed by atoms with Crippen LogP contribution in [0.1, 0.15) is 42.1 Å². The predicted molar refractivity (Wildman–Crippen MR) is 101 cm³/mol. The van der Waals surface area contributed by atoms with Crippen LogP contribution in [0.25, 0.3) is 0 Å². The molecule has 5 heteroatoms. The van der Waals surface area contributed by atoms with E-state index in [2.05, 4.69) is 24.4 Å². The molecular formula is C21H25NO4. The van der Waals surface area contributed by atoms with Crippen LogP contribution in [0.15, 0.2) is 48.5 Å². The maximum absolute atomic E-state index is 12.4. The van der Waals surface area contributed by atoms with Crippen LogP contribution in [0.2, 0.25) is 0 Å². The molecule has 0 saturated heterocycles. The quantitative estimate of drug-likeness (QED) is 0.698. The number of ether oxygens (including phenoxy) is 2. The standard InChI is InChI=1S/C21H25NO4/c1-4-16(17-8-6-5-7-9-17)13-22-21(24)15(2)26-20-11-10-19(25-3)12-18(20)14-23/h5-12,14-16H,4,13H2,1-3H3,(H,22,24)/t15-,16+/m0/s1. The fourth-order valence-electron chi connectivity index (χ4n) is 2.69. The van der Waals surface area contributed by atoms with Crippen molar-refractivity contribution in [2.75, 3.05) is 13.7 Å². The number of methoxy groups -OCH3 is 1. The van der Waals surface area contributed by atoms with Crippen molar-refractivity contribution in [2.45, 2.75) is 32.3 Å². The average molecular weight is 355 g/mol. The van der Waals surface area contributed by atoms with Crippen molar-refractivity contribution >= 4 is 12.2 Å². The van der Waals surface area contributed by atoms with E-state index in [0.29, 0.717) is 29.9 Å². The maximum atomic E-state index is 12.4. The first-order valence-corrected chi connectivity index (χ1v) is 8.71. The molecule has 5 nitrogen and oxygen atoms in total. The maximum Gasteiger partial charge on any atom is 0.260 e. The van der Waals surface area contributed by atoms with E-state index in [0.717, 1.165) is 6.42 Å². The van der Waals surface area contributed by atoms with Gasteiger partial charge in [0.1, 0.15) is 11.5 Å². The molecule has 0 aliphatic rings. The van der Waals surface area contributed by atoms with Gasteiger partial charge in [-0.05, 0) is 37.1 Å². The van der Waals surface area contributed by atoms with Crippen LogP contribution in [0, 0.1) is 0 Å². The van der Waals surface area contributed by atoms with Crippen molar-refractivity contribution < 1.29 is 19.1 Å². The van der Waals surface area contributed by atoms with Crippen LogP contribution < -0.4 is 14.8 Å². The van der Waals surface area contributed by atoms with Gasteiger partial charge in [-0.15, -0.1) is 0 Å². The second kappa shape index (κ2) is 9.61. The first-order chi connectivity index (χ1) is 12.6. The van der Waals surface area contributed by atoms with E-state index in [4.69, 9.17) is 9.47 Å². The van der Waals surface area contributed by atoms with Crippen LogP contribution in [0.4, 0.5) is 0 Å². The summed E-state index contributed by atoms with van der Waals surface area (Å²) in [4.78, 5) is 23.6. The lowest BCUT2D eigenvalue weighted by molar-refractivity contribution is -0.127. The summed E-state index contributed by atoms with van der Waals surface area (Å²) in [5.41, 5.74) is 1.54. The van der Waals surface area contributed by atoms with E-state index < -0.39 is 6.10 Å². The molecule has 0 saturated carbocycles. The molecular weight excluding hydrogens is 330 g/mol. The lowest BCUT2D eigenvalue weighted by Gasteiger charge is -2.19. The first-order valence-electron chi connectivity index (χ1n) is 8.71. The Balaban J connectivity index is 1.96. The number of rotatable bonds is 9. The van der Waals surface area contributed by atoms with Gasteiger partial charge < -0.3 is 14.8 Å². The SMILES string of the molecule is CC[C@H](CNC(=O)[C@H](C)Oc1ccc(OC)cc1C=O)c1ccccc1. The molecule has 0 unspecified atom stereocenters. The Hall–Kier alpha value is -2.82. The van der Waals surface area contributed by atoms with E-state index in [-0.39, 0.29) is 11.8 Å². The third-order valence-electron chi connectivity index (χ3n) is 4.30. The van der Waals surface area contributed by atoms with Gasteiger partial charge in [0.15, 0.2) is 12.4 Å². The van der Waals surface area contributed by atoms with Crippen LogP contribution >= 0.6 is 0 Å². The van der Waals surface area contributed by atoms with E-state index in [1.165, 1.54) is 12.7 Å². The number of aldehydes is 1. The summed E-state index contributed by atoms with van der Waals surface area (Å²) in [5, 5.41) is 2.94. The van der Waals surface area contributed by atoms with Crippen LogP contribution in [-0.4, -0.2) is 32.0 Å². The Labute approximate surface area is 154 Å². The lowest BCUT2D eigenvalue weighted by Crippen LogP contribution is -2.38. The molecule has 0 aliphatic heterocycles. The smallest absolute Gasteiger partial charge is 0.260 e. The minimum atomic E-state index is -0.713. The zero-order chi connectivity index (χ0) is 18.9. The number of benzene rings is 2. The summed E-state index contributed by atoms with van der Waals surface area (Å²) in [6.07, 6.45) is 0.897. The molecule has 2 rings (SSSR count). The van der Waals surface area contributed by atoms with E-state index >= 15 is 0 Å². The zero-order valence-electron chi connectivity index (χ0n) is 15.4. The monoisotopic (exact) mass is 355 g/mol. The molecule has 0 heterocycles. The Bertz CT molecular complexity index is 730. The Morgan fingerprint density at radius 2 is 1.92 bits per heavy atom. The first kappa shape index (κ1) is 19.5. The topological polar surface area (TPSA) is 64.6 Å². The molecule has 2 aromatic carbocycles. The number of hydrogen-bond donors (Lipinski definition) is 1. The van der Waals surface area contributed by atoms with Crippen molar-refractivity contribution in [3.8, 4) is 11.5 Å². The number of carbonyl (C=O) groups excluding carboxylic acids is 2. The van der Waals surface area contributed by atoms with E-state index in [9.17, 15) is 9.59 Å². The Kier molecular flexibility index (Phi) is 7.21. The normalized spacial score (nSPS) is 12.7. The predicted octanol–water partition coefficient (Wildman–Crippen LogP) is 3.59. The number of hydrogen-bond acceptors (Lipinski definition) is 4. The highest BCUT2D eigenvalue weighted by molar-refractivity contribution is 5.83. The zero-order valence-corrected chi connectivity index (χ0v) is 15.4. The Morgan fingerprint density at radius 3 is 2.54 bits per heavy atom. The van der Waals surface area contributed by atoms with Crippen molar-refractivity contribution in [2.24, 2.45) is 0 Å². The van der Waals surface area contributed by atoms with Crippen LogP contribution in [0.5, 0.6) is 11.5 Å². The molecule has 0 spiro atoms. The lowest BCUT2D eigenvalue weighted by atomic mass is 9.96. The van der Waals surface area contributed by atoms with Crippen LogP contribution in [0.3, 0.4) is 0 Å². The van der Waals surface area contributed by atoms with Crippen LogP contribution in [-0.2, 0) is 4.79 Å². The number of nitrogens with one attached hydrogen (secondary N) is 1. The summed E-state index contributed by atoms with van der Waals surface area (Å²) >= 11 is 0. The van der Waals surface area contributed by atoms with Crippen molar-refractivity contribution in [3.63, 3.8) is 0 Å². The van der Waals surface area contributed by atoms with Gasteiger partial charge in [0.2, 0.25) is 0 Å². The molecule has 1 amide bonds. The van der Waals surface area contributed by atoms with Gasteiger partial charge in [0.25, 0.3) is 5.91 Å². The second-order valence-electron chi connectivity index (χ2n) is 6.04. The summed E-state index contributed by atoms with van der Waals surface area (Å²) in [6, 6.07) is 15.0. The molecule has 2 atom stereocenters.